The van der Waals surface area contributed by atoms with Crippen LogP contribution < -0.4 is 5.32 Å². The summed E-state index contributed by atoms with van der Waals surface area (Å²) in [4.78, 5) is 31.8. The van der Waals surface area contributed by atoms with E-state index in [0.717, 1.165) is 5.69 Å². The quantitative estimate of drug-likeness (QED) is 0.476. The van der Waals surface area contributed by atoms with Crippen LogP contribution in [0.25, 0.3) is 22.1 Å². The van der Waals surface area contributed by atoms with E-state index in [1.54, 1.807) is 48.5 Å². The van der Waals surface area contributed by atoms with Gasteiger partial charge in [0.2, 0.25) is 5.95 Å². The second-order valence-electron chi connectivity index (χ2n) is 7.60. The van der Waals surface area contributed by atoms with Crippen molar-refractivity contribution in [3.63, 3.8) is 0 Å². The highest BCUT2D eigenvalue weighted by Gasteiger charge is 2.45. The molecular formula is C21H20N8O2S. The standard InChI is InChI=1S/C21H20N8O2S/c1-28-8-5-21(31,19(28)30)13-3-6-22-16(9-13)17-12-32-18(26-17)15-4-7-23-20(27-15)25-14-10-24-29(2)11-14/h3-4,6-7,9-12,31H,5,8H2,1-2H3,(H,23,25,27)/t21-/m0/s1. The number of aliphatic hydroxyl groups is 1. The molecule has 0 saturated carbocycles. The van der Waals surface area contributed by atoms with Gasteiger partial charge in [-0.1, -0.05) is 0 Å². The number of hydrogen-bond acceptors (Lipinski definition) is 9. The number of likely N-dealkylation sites (N-methyl/N-ethyl adjacent to an activating group) is 1. The maximum absolute atomic E-state index is 12.4. The lowest BCUT2D eigenvalue weighted by Crippen LogP contribution is -2.36. The monoisotopic (exact) mass is 448 g/mol. The average Bonchev–Trinajstić information content (AvgIpc) is 3.52. The maximum atomic E-state index is 12.4. The molecule has 0 unspecified atom stereocenters. The fourth-order valence-electron chi connectivity index (χ4n) is 3.61. The van der Waals surface area contributed by atoms with Gasteiger partial charge in [-0.05, 0) is 23.8 Å². The van der Waals surface area contributed by atoms with Crippen molar-refractivity contribution in [3.8, 4) is 22.1 Å². The number of hydrogen-bond donors (Lipinski definition) is 2. The maximum Gasteiger partial charge on any atom is 0.258 e. The predicted octanol–water partition coefficient (Wildman–Crippen LogP) is 2.19. The predicted molar refractivity (Wildman–Crippen MR) is 119 cm³/mol. The van der Waals surface area contributed by atoms with E-state index in [1.807, 2.05) is 18.6 Å². The first-order valence-corrected chi connectivity index (χ1v) is 10.8. The zero-order valence-corrected chi connectivity index (χ0v) is 18.2. The number of rotatable bonds is 5. The number of amides is 1. The summed E-state index contributed by atoms with van der Waals surface area (Å²) in [6.07, 6.45) is 7.13. The number of carbonyl (C=O) groups is 1. The first-order chi connectivity index (χ1) is 15.4. The molecule has 1 atom stereocenters. The minimum Gasteiger partial charge on any atom is -0.375 e. The van der Waals surface area contributed by atoms with Gasteiger partial charge in [0, 0.05) is 51.0 Å². The Balaban J connectivity index is 1.41. The molecular weight excluding hydrogens is 428 g/mol. The molecule has 5 heterocycles. The smallest absolute Gasteiger partial charge is 0.258 e. The molecule has 32 heavy (non-hydrogen) atoms. The molecule has 162 valence electrons. The Hall–Kier alpha value is -3.70. The molecule has 2 N–H and O–H groups in total. The molecule has 4 aromatic rings. The van der Waals surface area contributed by atoms with Crippen molar-refractivity contribution in [1.82, 2.24) is 34.6 Å². The van der Waals surface area contributed by atoms with Gasteiger partial charge in [0.15, 0.2) is 5.60 Å². The highest BCUT2D eigenvalue weighted by Crippen LogP contribution is 2.34. The summed E-state index contributed by atoms with van der Waals surface area (Å²) in [7, 11) is 3.52. The van der Waals surface area contributed by atoms with Gasteiger partial charge in [0.25, 0.3) is 5.91 Å². The van der Waals surface area contributed by atoms with E-state index in [0.29, 0.717) is 46.6 Å². The van der Waals surface area contributed by atoms with E-state index in [2.05, 4.69) is 30.4 Å². The number of likely N-dealkylation sites (tertiary alicyclic amines) is 1. The van der Waals surface area contributed by atoms with Crippen LogP contribution in [0.5, 0.6) is 0 Å². The number of carbonyl (C=O) groups excluding carboxylic acids is 1. The van der Waals surface area contributed by atoms with Crippen LogP contribution in [0.1, 0.15) is 12.0 Å². The number of nitrogens with zero attached hydrogens (tertiary/aromatic N) is 7. The normalized spacial score (nSPS) is 18.3. The number of anilines is 2. The molecule has 0 aliphatic carbocycles. The van der Waals surface area contributed by atoms with Gasteiger partial charge in [0.1, 0.15) is 16.4 Å². The van der Waals surface area contributed by atoms with Crippen molar-refractivity contribution in [1.29, 1.82) is 0 Å². The third-order valence-corrected chi connectivity index (χ3v) is 6.21. The van der Waals surface area contributed by atoms with Crippen LogP contribution >= 0.6 is 11.3 Å². The molecule has 1 aliphatic rings. The average molecular weight is 449 g/mol. The summed E-state index contributed by atoms with van der Waals surface area (Å²) in [5, 5.41) is 20.8. The zero-order valence-electron chi connectivity index (χ0n) is 17.4. The highest BCUT2D eigenvalue weighted by atomic mass is 32.1. The van der Waals surface area contributed by atoms with Crippen molar-refractivity contribution < 1.29 is 9.90 Å². The van der Waals surface area contributed by atoms with Crippen molar-refractivity contribution in [2.75, 3.05) is 18.9 Å². The van der Waals surface area contributed by atoms with Crippen LogP contribution in [0.2, 0.25) is 0 Å². The molecule has 1 saturated heterocycles. The second kappa shape index (κ2) is 7.77. The number of pyridine rings is 1. The van der Waals surface area contributed by atoms with Gasteiger partial charge in [0.05, 0.1) is 17.6 Å². The van der Waals surface area contributed by atoms with E-state index in [1.165, 1.54) is 16.2 Å². The van der Waals surface area contributed by atoms with E-state index in [-0.39, 0.29) is 5.91 Å². The molecule has 0 radical (unpaired) electrons. The van der Waals surface area contributed by atoms with Gasteiger partial charge < -0.3 is 15.3 Å². The van der Waals surface area contributed by atoms with Crippen molar-refractivity contribution in [3.05, 3.63) is 53.9 Å². The SMILES string of the molecule is CN1CC[C@](O)(c2ccnc(-c3csc(-c4ccnc(Nc5cnn(C)c5)n4)n3)c2)C1=O. The zero-order chi connectivity index (χ0) is 22.3. The minimum atomic E-state index is -1.52. The van der Waals surface area contributed by atoms with Crippen LogP contribution in [0.4, 0.5) is 11.6 Å². The van der Waals surface area contributed by atoms with Crippen molar-refractivity contribution >= 4 is 28.9 Å². The Kier molecular flexibility index (Phi) is 4.91. The second-order valence-corrected chi connectivity index (χ2v) is 8.46. The van der Waals surface area contributed by atoms with Crippen molar-refractivity contribution in [2.24, 2.45) is 7.05 Å². The summed E-state index contributed by atoms with van der Waals surface area (Å²) in [5.74, 6) is 0.140. The lowest BCUT2D eigenvalue weighted by Gasteiger charge is -2.21. The Morgan fingerprint density at radius 3 is 2.72 bits per heavy atom. The van der Waals surface area contributed by atoms with Gasteiger partial charge in [-0.15, -0.1) is 11.3 Å². The van der Waals surface area contributed by atoms with Gasteiger partial charge in [-0.25, -0.2) is 15.0 Å². The van der Waals surface area contributed by atoms with Gasteiger partial charge in [-0.3, -0.25) is 14.5 Å². The molecule has 1 aliphatic heterocycles. The van der Waals surface area contributed by atoms with Crippen LogP contribution in [0.15, 0.2) is 48.4 Å². The first-order valence-electron chi connectivity index (χ1n) is 9.92. The summed E-state index contributed by atoms with van der Waals surface area (Å²) in [5.41, 5.74) is 1.69. The Bertz CT molecular complexity index is 1300. The lowest BCUT2D eigenvalue weighted by molar-refractivity contribution is -0.143. The van der Waals surface area contributed by atoms with Crippen molar-refractivity contribution in [2.45, 2.75) is 12.0 Å². The lowest BCUT2D eigenvalue weighted by atomic mass is 9.92. The summed E-state index contributed by atoms with van der Waals surface area (Å²) in [6, 6.07) is 5.19. The summed E-state index contributed by atoms with van der Waals surface area (Å²) < 4.78 is 1.69. The first kappa shape index (κ1) is 20.2. The summed E-state index contributed by atoms with van der Waals surface area (Å²) >= 11 is 1.43. The largest absolute Gasteiger partial charge is 0.375 e. The minimum absolute atomic E-state index is 0.303. The number of aryl methyl sites for hydroxylation is 1. The third-order valence-electron chi connectivity index (χ3n) is 5.35. The van der Waals surface area contributed by atoms with Crippen LogP contribution in [0.3, 0.4) is 0 Å². The fourth-order valence-corrected chi connectivity index (χ4v) is 4.39. The Morgan fingerprint density at radius 2 is 1.97 bits per heavy atom. The fraction of sp³-hybridized carbons (Fsp3) is 0.238. The van der Waals surface area contributed by atoms with E-state index < -0.39 is 5.60 Å². The number of thiazole rings is 1. The van der Waals surface area contributed by atoms with Crippen LogP contribution in [-0.4, -0.2) is 59.2 Å². The van der Waals surface area contributed by atoms with Gasteiger partial charge in [-0.2, -0.15) is 5.10 Å². The number of nitrogens with one attached hydrogen (secondary N) is 1. The molecule has 1 amide bonds. The molecule has 0 bridgehead atoms. The van der Waals surface area contributed by atoms with Crippen LogP contribution in [0, 0.1) is 0 Å². The van der Waals surface area contributed by atoms with Crippen LogP contribution in [-0.2, 0) is 17.4 Å². The molecule has 0 spiro atoms. The molecule has 1 fully saturated rings. The molecule has 11 heteroatoms. The Morgan fingerprint density at radius 1 is 1.12 bits per heavy atom. The summed E-state index contributed by atoms with van der Waals surface area (Å²) in [6.45, 7) is 0.511. The Labute approximate surface area is 187 Å². The third kappa shape index (κ3) is 3.61. The molecule has 0 aromatic carbocycles. The van der Waals surface area contributed by atoms with E-state index in [4.69, 9.17) is 0 Å². The van der Waals surface area contributed by atoms with E-state index in [9.17, 15) is 9.90 Å². The van der Waals surface area contributed by atoms with Gasteiger partial charge >= 0.3 is 0 Å². The molecule has 5 rings (SSSR count). The topological polar surface area (TPSA) is 122 Å². The molecule has 10 nitrogen and oxygen atoms in total. The molecule has 4 aromatic heterocycles. The van der Waals surface area contributed by atoms with E-state index >= 15 is 0 Å². The highest BCUT2D eigenvalue weighted by molar-refractivity contribution is 7.13. The number of aromatic nitrogens is 6.